The zero-order chi connectivity index (χ0) is 10.7. The van der Waals surface area contributed by atoms with Crippen LogP contribution in [0.2, 0.25) is 0 Å². The van der Waals surface area contributed by atoms with Crippen LogP contribution in [0.15, 0.2) is 18.2 Å². The molecule has 0 aliphatic heterocycles. The summed E-state index contributed by atoms with van der Waals surface area (Å²) in [6, 6.07) is 4.25. The smallest absolute Gasteiger partial charge is 0.142 e. The molecule has 82 valence electrons. The molecule has 2 N–H and O–H groups in total. The zero-order valence-electron chi connectivity index (χ0n) is 8.71. The lowest BCUT2D eigenvalue weighted by molar-refractivity contribution is 0.222. The molecule has 1 saturated carbocycles. The fourth-order valence-electron chi connectivity index (χ4n) is 1.77. The van der Waals surface area contributed by atoms with Crippen LogP contribution in [0.3, 0.4) is 0 Å². The minimum atomic E-state index is -0.321. The number of hydrogen-bond donors (Lipinski definition) is 1. The molecular formula is C12H16FNO. The van der Waals surface area contributed by atoms with Gasteiger partial charge in [-0.25, -0.2) is 4.39 Å². The lowest BCUT2D eigenvalue weighted by Crippen LogP contribution is -2.14. The van der Waals surface area contributed by atoms with Crippen molar-refractivity contribution in [2.45, 2.75) is 25.7 Å². The van der Waals surface area contributed by atoms with Gasteiger partial charge in [-0.15, -0.1) is 0 Å². The Kier molecular flexibility index (Phi) is 3.09. The molecule has 15 heavy (non-hydrogen) atoms. The molecule has 0 amide bonds. The van der Waals surface area contributed by atoms with Crippen molar-refractivity contribution in [2.75, 3.05) is 12.3 Å². The van der Waals surface area contributed by atoms with E-state index in [0.717, 1.165) is 12.3 Å². The highest BCUT2D eigenvalue weighted by atomic mass is 19.1. The molecule has 2 nitrogen and oxygen atoms in total. The van der Waals surface area contributed by atoms with Gasteiger partial charge >= 0.3 is 0 Å². The molecule has 0 radical (unpaired) electrons. The minimum Gasteiger partial charge on any atom is -0.491 e. The first-order chi connectivity index (χ1) is 7.25. The molecule has 1 aliphatic carbocycles. The number of rotatable bonds is 4. The normalized spacial score (nSPS) is 16.1. The third-order valence-corrected chi connectivity index (χ3v) is 2.98. The van der Waals surface area contributed by atoms with Gasteiger partial charge in [-0.05, 0) is 24.5 Å². The summed E-state index contributed by atoms with van der Waals surface area (Å²) in [7, 11) is 0. The molecule has 2 rings (SSSR count). The number of anilines is 1. The highest BCUT2D eigenvalue weighted by molar-refractivity contribution is 5.52. The largest absolute Gasteiger partial charge is 0.491 e. The van der Waals surface area contributed by atoms with Crippen LogP contribution >= 0.6 is 0 Å². The van der Waals surface area contributed by atoms with Crippen LogP contribution in [0.5, 0.6) is 5.75 Å². The molecule has 3 heteroatoms. The molecule has 0 heterocycles. The predicted molar refractivity (Wildman–Crippen MR) is 58.3 cm³/mol. The van der Waals surface area contributed by atoms with Crippen LogP contribution in [0.4, 0.5) is 10.1 Å². The lowest BCUT2D eigenvalue weighted by atomic mass is 9.83. The van der Waals surface area contributed by atoms with Crippen LogP contribution in [-0.4, -0.2) is 6.61 Å². The maximum absolute atomic E-state index is 12.7. The lowest BCUT2D eigenvalue weighted by Gasteiger charge is -2.25. The van der Waals surface area contributed by atoms with Crippen LogP contribution in [-0.2, 0) is 0 Å². The van der Waals surface area contributed by atoms with E-state index in [1.807, 2.05) is 0 Å². The highest BCUT2D eigenvalue weighted by Gasteiger charge is 2.16. The second-order valence-electron chi connectivity index (χ2n) is 4.12. The summed E-state index contributed by atoms with van der Waals surface area (Å²) >= 11 is 0. The van der Waals surface area contributed by atoms with Gasteiger partial charge in [0.05, 0.1) is 12.3 Å². The first-order valence-electron chi connectivity index (χ1n) is 5.43. The Balaban J connectivity index is 1.81. The van der Waals surface area contributed by atoms with E-state index in [1.165, 1.54) is 31.4 Å². The molecule has 0 unspecified atom stereocenters. The van der Waals surface area contributed by atoms with Gasteiger partial charge in [-0.2, -0.15) is 0 Å². The second-order valence-corrected chi connectivity index (χ2v) is 4.12. The number of ether oxygens (including phenoxy) is 1. The van der Waals surface area contributed by atoms with Crippen molar-refractivity contribution in [2.24, 2.45) is 5.92 Å². The number of hydrogen-bond acceptors (Lipinski definition) is 2. The van der Waals surface area contributed by atoms with Crippen LogP contribution in [0, 0.1) is 11.7 Å². The number of halogens is 1. The second kappa shape index (κ2) is 4.51. The zero-order valence-corrected chi connectivity index (χ0v) is 8.71. The maximum Gasteiger partial charge on any atom is 0.142 e. The van der Waals surface area contributed by atoms with Crippen LogP contribution < -0.4 is 10.5 Å². The van der Waals surface area contributed by atoms with Crippen molar-refractivity contribution < 1.29 is 9.13 Å². The van der Waals surface area contributed by atoms with Crippen molar-refractivity contribution in [1.82, 2.24) is 0 Å². The molecule has 0 aromatic heterocycles. The van der Waals surface area contributed by atoms with Crippen LogP contribution in [0.25, 0.3) is 0 Å². The van der Waals surface area contributed by atoms with Gasteiger partial charge in [-0.3, -0.25) is 0 Å². The summed E-state index contributed by atoms with van der Waals surface area (Å²) in [6.07, 6.45) is 5.07. The van der Waals surface area contributed by atoms with Crippen molar-refractivity contribution >= 4 is 5.69 Å². The first-order valence-corrected chi connectivity index (χ1v) is 5.43. The summed E-state index contributed by atoms with van der Waals surface area (Å²) in [5.41, 5.74) is 6.00. The Morgan fingerprint density at radius 2 is 2.20 bits per heavy atom. The van der Waals surface area contributed by atoms with Crippen molar-refractivity contribution in [1.29, 1.82) is 0 Å². The van der Waals surface area contributed by atoms with Gasteiger partial charge in [0.15, 0.2) is 0 Å². The Morgan fingerprint density at radius 1 is 1.40 bits per heavy atom. The average molecular weight is 209 g/mol. The predicted octanol–water partition coefficient (Wildman–Crippen LogP) is 2.98. The van der Waals surface area contributed by atoms with E-state index >= 15 is 0 Å². The molecule has 1 aliphatic rings. The van der Waals surface area contributed by atoms with Gasteiger partial charge in [-0.1, -0.05) is 19.3 Å². The van der Waals surface area contributed by atoms with E-state index < -0.39 is 0 Å². The van der Waals surface area contributed by atoms with Crippen molar-refractivity contribution in [3.05, 3.63) is 24.0 Å². The summed E-state index contributed by atoms with van der Waals surface area (Å²) in [5, 5.41) is 0. The molecule has 0 atom stereocenters. The topological polar surface area (TPSA) is 35.2 Å². The maximum atomic E-state index is 12.7. The Bertz CT molecular complexity index is 336. The quantitative estimate of drug-likeness (QED) is 0.774. The average Bonchev–Trinajstić information content (AvgIpc) is 2.12. The standard InChI is InChI=1S/C12H16FNO/c13-10-4-5-12(11(14)8-10)15-7-6-9-2-1-3-9/h4-5,8-9H,1-3,6-7,14H2. The Labute approximate surface area is 89.2 Å². The molecule has 0 spiro atoms. The van der Waals surface area contributed by atoms with Crippen molar-refractivity contribution in [3.63, 3.8) is 0 Å². The van der Waals surface area contributed by atoms with Crippen LogP contribution in [0.1, 0.15) is 25.7 Å². The third-order valence-electron chi connectivity index (χ3n) is 2.98. The monoisotopic (exact) mass is 209 g/mol. The number of benzene rings is 1. The Hall–Kier alpha value is -1.25. The molecule has 0 saturated heterocycles. The molecule has 1 aromatic rings. The Morgan fingerprint density at radius 3 is 2.80 bits per heavy atom. The molecule has 1 fully saturated rings. The molecule has 1 aromatic carbocycles. The van der Waals surface area contributed by atoms with E-state index in [2.05, 4.69) is 0 Å². The first kappa shape index (κ1) is 10.3. The summed E-state index contributed by atoms with van der Waals surface area (Å²) in [4.78, 5) is 0. The van der Waals surface area contributed by atoms with E-state index in [9.17, 15) is 4.39 Å². The van der Waals surface area contributed by atoms with E-state index in [-0.39, 0.29) is 5.82 Å². The summed E-state index contributed by atoms with van der Waals surface area (Å²) in [6.45, 7) is 0.681. The van der Waals surface area contributed by atoms with Gasteiger partial charge in [0.2, 0.25) is 0 Å². The van der Waals surface area contributed by atoms with Crippen molar-refractivity contribution in [3.8, 4) is 5.75 Å². The minimum absolute atomic E-state index is 0.321. The summed E-state index contributed by atoms with van der Waals surface area (Å²) in [5.74, 6) is 1.10. The van der Waals surface area contributed by atoms with Gasteiger partial charge < -0.3 is 10.5 Å². The van der Waals surface area contributed by atoms with Gasteiger partial charge in [0.25, 0.3) is 0 Å². The van der Waals surface area contributed by atoms with Gasteiger partial charge in [0, 0.05) is 6.07 Å². The number of nitrogen functional groups attached to an aromatic ring is 1. The fourth-order valence-corrected chi connectivity index (χ4v) is 1.77. The van der Waals surface area contributed by atoms with E-state index in [1.54, 1.807) is 6.07 Å². The SMILES string of the molecule is Nc1cc(F)ccc1OCCC1CCC1. The number of nitrogens with two attached hydrogens (primary N) is 1. The molecule has 0 bridgehead atoms. The van der Waals surface area contributed by atoms with Gasteiger partial charge in [0.1, 0.15) is 11.6 Å². The third kappa shape index (κ3) is 2.61. The highest BCUT2D eigenvalue weighted by Crippen LogP contribution is 2.30. The molecular weight excluding hydrogens is 193 g/mol. The van der Waals surface area contributed by atoms with E-state index in [0.29, 0.717) is 18.0 Å². The fraction of sp³-hybridized carbons (Fsp3) is 0.500. The summed E-state index contributed by atoms with van der Waals surface area (Å²) < 4.78 is 18.2. The van der Waals surface area contributed by atoms with E-state index in [4.69, 9.17) is 10.5 Å².